The van der Waals surface area contributed by atoms with E-state index in [1.165, 1.54) is 23.7 Å². The van der Waals surface area contributed by atoms with Gasteiger partial charge in [0.1, 0.15) is 12.4 Å². The van der Waals surface area contributed by atoms with Crippen molar-refractivity contribution < 1.29 is 23.1 Å². The van der Waals surface area contributed by atoms with Gasteiger partial charge in [0.05, 0.1) is 28.7 Å². The largest absolute Gasteiger partial charge is 0.492 e. The number of carbonyl (C=O) groups excluding carboxylic acids is 1. The first-order valence-corrected chi connectivity index (χ1v) is 15.7. The minimum Gasteiger partial charge on any atom is -0.492 e. The van der Waals surface area contributed by atoms with Crippen LogP contribution in [-0.4, -0.2) is 42.1 Å². The van der Waals surface area contributed by atoms with Crippen LogP contribution in [0.5, 0.6) is 5.88 Å². The van der Waals surface area contributed by atoms with Gasteiger partial charge in [-0.3, -0.25) is 14.2 Å². The zero-order valence-electron chi connectivity index (χ0n) is 24.5. The lowest BCUT2D eigenvalue weighted by Gasteiger charge is -2.25. The molecule has 1 unspecified atom stereocenters. The Morgan fingerprint density at radius 3 is 2.45 bits per heavy atom. The topological polar surface area (TPSA) is 151 Å². The number of ether oxygens (including phenoxy) is 1. The molecule has 226 valence electrons. The highest BCUT2D eigenvalue weighted by molar-refractivity contribution is 7.91. The van der Waals surface area contributed by atoms with E-state index in [2.05, 4.69) is 16.4 Å². The van der Waals surface area contributed by atoms with Crippen molar-refractivity contribution in [1.29, 1.82) is 5.26 Å². The van der Waals surface area contributed by atoms with Crippen LogP contribution in [0.15, 0.2) is 87.4 Å². The minimum atomic E-state index is -4.55. The van der Waals surface area contributed by atoms with E-state index in [1.54, 1.807) is 60.7 Å². The monoisotopic (exact) mass is 612 g/mol. The molecule has 1 aliphatic rings. The van der Waals surface area contributed by atoms with Crippen LogP contribution in [0.3, 0.4) is 0 Å². The predicted octanol–water partition coefficient (Wildman–Crippen LogP) is 4.60. The summed E-state index contributed by atoms with van der Waals surface area (Å²) in [4.78, 5) is 29.8. The normalized spacial score (nSPS) is 13.8. The zero-order valence-corrected chi connectivity index (χ0v) is 25.3. The summed E-state index contributed by atoms with van der Waals surface area (Å²) in [6, 6.07) is 21.0. The fourth-order valence-electron chi connectivity index (χ4n) is 5.25. The van der Waals surface area contributed by atoms with Crippen molar-refractivity contribution in [3.8, 4) is 23.1 Å². The summed E-state index contributed by atoms with van der Waals surface area (Å²) in [6.45, 7) is 3.49. The molecule has 5 rings (SSSR count). The van der Waals surface area contributed by atoms with Crippen LogP contribution in [0.2, 0.25) is 0 Å². The van der Waals surface area contributed by atoms with Crippen LogP contribution in [0, 0.1) is 17.2 Å². The summed E-state index contributed by atoms with van der Waals surface area (Å²) in [5, 5.41) is 23.1. The van der Waals surface area contributed by atoms with Gasteiger partial charge < -0.3 is 15.2 Å². The van der Waals surface area contributed by atoms with Crippen molar-refractivity contribution in [2.24, 2.45) is 5.92 Å². The van der Waals surface area contributed by atoms with Crippen molar-refractivity contribution in [3.05, 3.63) is 106 Å². The SMILES string of the molecule is CNC(=O)c1ccccc1-c1ccc(S(=O)(=O)c2c(O)nc(COC(C)C)n(C(c3cccc(C#N)c3)C3CC3)c2=O)cc1. The molecule has 1 amide bonds. The number of rotatable bonds is 10. The molecule has 3 aromatic carbocycles. The number of amides is 1. The molecule has 2 N–H and O–H groups in total. The van der Waals surface area contributed by atoms with Gasteiger partial charge in [-0.25, -0.2) is 8.42 Å². The highest BCUT2D eigenvalue weighted by Gasteiger charge is 2.39. The standard InChI is InChI=1S/C33H32N4O6S/c1-20(2)43-19-28-36-32(39)30(33(40)37(28)29(23-11-12-23)24-8-6-7-21(17-24)18-34)44(41,42)25-15-13-22(14-16-25)26-9-4-5-10-27(26)31(38)35-3/h4-10,13-17,20,23,29,39H,11-12,19H2,1-3H3,(H,35,38). The second-order valence-electron chi connectivity index (χ2n) is 10.9. The quantitative estimate of drug-likeness (QED) is 0.264. The van der Waals surface area contributed by atoms with E-state index in [4.69, 9.17) is 4.74 Å². The summed E-state index contributed by atoms with van der Waals surface area (Å²) in [6.07, 6.45) is 1.36. The van der Waals surface area contributed by atoms with Crippen LogP contribution in [0.25, 0.3) is 11.1 Å². The molecule has 10 nitrogen and oxygen atoms in total. The van der Waals surface area contributed by atoms with Gasteiger partial charge >= 0.3 is 0 Å². The second-order valence-corrected chi connectivity index (χ2v) is 12.8. The number of aromatic nitrogens is 2. The number of carbonyl (C=O) groups is 1. The van der Waals surface area contributed by atoms with Crippen molar-refractivity contribution in [3.63, 3.8) is 0 Å². The lowest BCUT2D eigenvalue weighted by atomic mass is 9.99. The van der Waals surface area contributed by atoms with Gasteiger partial charge in [0, 0.05) is 12.6 Å². The Morgan fingerprint density at radius 2 is 1.82 bits per heavy atom. The lowest BCUT2D eigenvalue weighted by Crippen LogP contribution is -2.35. The molecule has 0 aliphatic heterocycles. The van der Waals surface area contributed by atoms with Crippen molar-refractivity contribution in [2.75, 3.05) is 7.05 Å². The maximum absolute atomic E-state index is 14.2. The highest BCUT2D eigenvalue weighted by atomic mass is 32.2. The Morgan fingerprint density at radius 1 is 1.11 bits per heavy atom. The van der Waals surface area contributed by atoms with Crippen LogP contribution in [-0.2, 0) is 21.2 Å². The minimum absolute atomic E-state index is 0.000937. The van der Waals surface area contributed by atoms with Crippen molar-refractivity contribution in [2.45, 2.75) is 55.2 Å². The number of hydrogen-bond acceptors (Lipinski definition) is 8. The molecule has 0 radical (unpaired) electrons. The van der Waals surface area contributed by atoms with E-state index in [1.807, 2.05) is 13.8 Å². The fourth-order valence-corrected chi connectivity index (χ4v) is 6.59. The van der Waals surface area contributed by atoms with E-state index in [0.717, 1.165) is 12.8 Å². The number of benzene rings is 3. The van der Waals surface area contributed by atoms with E-state index < -0.39 is 32.2 Å². The highest BCUT2D eigenvalue weighted by Crippen LogP contribution is 2.44. The molecule has 1 aromatic heterocycles. The number of hydrogen-bond donors (Lipinski definition) is 2. The lowest BCUT2D eigenvalue weighted by molar-refractivity contribution is 0.0571. The van der Waals surface area contributed by atoms with Crippen LogP contribution in [0.4, 0.5) is 0 Å². The number of aromatic hydroxyl groups is 1. The third kappa shape index (κ3) is 6.00. The molecule has 44 heavy (non-hydrogen) atoms. The Kier molecular flexibility index (Phi) is 8.67. The van der Waals surface area contributed by atoms with E-state index in [-0.39, 0.29) is 35.3 Å². The number of nitrogens with one attached hydrogen (secondary N) is 1. The smallest absolute Gasteiger partial charge is 0.277 e. The second kappa shape index (κ2) is 12.4. The molecule has 0 saturated heterocycles. The molecule has 1 saturated carbocycles. The van der Waals surface area contributed by atoms with Gasteiger partial charge in [-0.05, 0) is 79.6 Å². The van der Waals surface area contributed by atoms with Gasteiger partial charge in [0.2, 0.25) is 15.7 Å². The average molecular weight is 613 g/mol. The van der Waals surface area contributed by atoms with Gasteiger partial charge in [0.25, 0.3) is 11.5 Å². The Hall–Kier alpha value is -4.79. The summed E-state index contributed by atoms with van der Waals surface area (Å²) < 4.78 is 35.0. The molecule has 1 atom stereocenters. The van der Waals surface area contributed by atoms with E-state index >= 15 is 0 Å². The maximum Gasteiger partial charge on any atom is 0.277 e. The first-order valence-electron chi connectivity index (χ1n) is 14.2. The van der Waals surface area contributed by atoms with Crippen LogP contribution < -0.4 is 10.9 Å². The fraction of sp³-hybridized carbons (Fsp3) is 0.273. The molecule has 11 heteroatoms. The van der Waals surface area contributed by atoms with Crippen molar-refractivity contribution >= 4 is 15.7 Å². The molecular weight excluding hydrogens is 580 g/mol. The maximum atomic E-state index is 14.2. The summed E-state index contributed by atoms with van der Waals surface area (Å²) >= 11 is 0. The third-order valence-corrected chi connectivity index (χ3v) is 9.31. The van der Waals surface area contributed by atoms with E-state index in [9.17, 15) is 28.4 Å². The summed E-state index contributed by atoms with van der Waals surface area (Å²) in [5.74, 6) is -1.12. The Labute approximate surface area is 255 Å². The summed E-state index contributed by atoms with van der Waals surface area (Å²) in [5.41, 5.74) is 1.75. The molecule has 1 aliphatic carbocycles. The molecular formula is C33H32N4O6S. The predicted molar refractivity (Wildman–Crippen MR) is 163 cm³/mol. The molecule has 0 bridgehead atoms. The molecule has 1 fully saturated rings. The van der Waals surface area contributed by atoms with Crippen molar-refractivity contribution in [1.82, 2.24) is 14.9 Å². The Balaban J connectivity index is 1.64. The van der Waals surface area contributed by atoms with Gasteiger partial charge in [0.15, 0.2) is 4.90 Å². The average Bonchev–Trinajstić information content (AvgIpc) is 3.86. The Bertz CT molecular complexity index is 1920. The first kappa shape index (κ1) is 30.7. The number of sulfone groups is 1. The van der Waals surface area contributed by atoms with Gasteiger partial charge in [-0.2, -0.15) is 10.2 Å². The van der Waals surface area contributed by atoms with E-state index in [0.29, 0.717) is 27.8 Å². The number of nitriles is 1. The first-order chi connectivity index (χ1) is 21.1. The summed E-state index contributed by atoms with van der Waals surface area (Å²) in [7, 11) is -3.03. The zero-order chi connectivity index (χ0) is 31.6. The molecule has 0 spiro atoms. The third-order valence-electron chi connectivity index (χ3n) is 7.52. The van der Waals surface area contributed by atoms with Gasteiger partial charge in [-0.15, -0.1) is 0 Å². The molecule has 1 heterocycles. The van der Waals surface area contributed by atoms with Crippen LogP contribution >= 0.6 is 0 Å². The molecule has 4 aromatic rings. The number of nitrogens with zero attached hydrogens (tertiary/aromatic N) is 3. The van der Waals surface area contributed by atoms with Crippen LogP contribution in [0.1, 0.15) is 60.0 Å². The van der Waals surface area contributed by atoms with Gasteiger partial charge in [-0.1, -0.05) is 42.5 Å².